The summed E-state index contributed by atoms with van der Waals surface area (Å²) >= 11 is 7.61. The molecular weight excluding hydrogens is 275 g/mol. The first-order valence-electron chi connectivity index (χ1n) is 3.07. The summed E-state index contributed by atoms with van der Waals surface area (Å²) in [6.07, 6.45) is 0. The van der Waals surface area contributed by atoms with Gasteiger partial charge in [-0.25, -0.2) is 17.6 Å². The molecule has 13 heavy (non-hydrogen) atoms. The van der Waals surface area contributed by atoms with Crippen molar-refractivity contribution in [1.29, 1.82) is 0 Å². The van der Waals surface area contributed by atoms with Gasteiger partial charge < -0.3 is 0 Å². The lowest BCUT2D eigenvalue weighted by Crippen LogP contribution is -1.99. The maximum absolute atomic E-state index is 12.9. The molecule has 0 aliphatic carbocycles. The topological polar surface area (TPSA) is 0 Å². The van der Waals surface area contributed by atoms with Gasteiger partial charge in [0.2, 0.25) is 0 Å². The van der Waals surface area contributed by atoms with E-state index in [-0.39, 0.29) is 0 Å². The summed E-state index contributed by atoms with van der Waals surface area (Å²) < 4.78 is 49.9. The van der Waals surface area contributed by atoms with Gasteiger partial charge in [0.25, 0.3) is 0 Å². The van der Waals surface area contributed by atoms with Crippen molar-refractivity contribution in [3.8, 4) is 0 Å². The highest BCUT2D eigenvalue weighted by atomic mass is 79.9. The van der Waals surface area contributed by atoms with Crippen molar-refractivity contribution in [2.45, 2.75) is 6.67 Å². The molecular formula is C7H2BrClF4. The second kappa shape index (κ2) is 3.84. The van der Waals surface area contributed by atoms with E-state index in [1.165, 1.54) is 0 Å². The zero-order chi connectivity index (χ0) is 10.2. The number of alkyl halides is 1. The van der Waals surface area contributed by atoms with Crippen LogP contribution in [0.5, 0.6) is 0 Å². The SMILES string of the molecule is FCc1c(F)c(Cl)c(F)c(Br)c1F. The van der Waals surface area contributed by atoms with Crippen LogP contribution in [0.3, 0.4) is 0 Å². The maximum atomic E-state index is 12.9. The summed E-state index contributed by atoms with van der Waals surface area (Å²) in [4.78, 5) is 0. The van der Waals surface area contributed by atoms with Crippen LogP contribution in [0.15, 0.2) is 4.47 Å². The number of benzene rings is 1. The average Bonchev–Trinajstić information content (AvgIpc) is 2.13. The Kier molecular flexibility index (Phi) is 3.18. The van der Waals surface area contributed by atoms with E-state index in [2.05, 4.69) is 15.9 Å². The third-order valence-electron chi connectivity index (χ3n) is 1.43. The van der Waals surface area contributed by atoms with Gasteiger partial charge in [-0.3, -0.25) is 0 Å². The normalized spacial score (nSPS) is 10.6. The summed E-state index contributed by atoms with van der Waals surface area (Å²) in [6.45, 7) is -1.38. The van der Waals surface area contributed by atoms with Crippen molar-refractivity contribution in [2.24, 2.45) is 0 Å². The minimum atomic E-state index is -1.40. The molecule has 0 saturated heterocycles. The van der Waals surface area contributed by atoms with Gasteiger partial charge in [0, 0.05) is 0 Å². The standard InChI is InChI=1S/C7H2BrClF4/c8-3-5(11)2(1-10)6(12)4(9)7(3)13/h1H2. The van der Waals surface area contributed by atoms with Gasteiger partial charge in [-0.1, -0.05) is 11.6 Å². The van der Waals surface area contributed by atoms with Crippen LogP contribution in [0.2, 0.25) is 5.02 Å². The first-order valence-corrected chi connectivity index (χ1v) is 4.24. The zero-order valence-corrected chi connectivity index (χ0v) is 8.32. The molecule has 1 aromatic rings. The van der Waals surface area contributed by atoms with Crippen LogP contribution in [0, 0.1) is 17.5 Å². The van der Waals surface area contributed by atoms with E-state index in [0.29, 0.717) is 0 Å². The maximum Gasteiger partial charge on any atom is 0.161 e. The molecule has 0 spiro atoms. The molecule has 72 valence electrons. The van der Waals surface area contributed by atoms with Crippen LogP contribution in [0.25, 0.3) is 0 Å². The lowest BCUT2D eigenvalue weighted by atomic mass is 10.2. The van der Waals surface area contributed by atoms with Crippen LogP contribution in [-0.4, -0.2) is 0 Å². The first-order chi connectivity index (χ1) is 6.00. The lowest BCUT2D eigenvalue weighted by Gasteiger charge is -2.05. The van der Waals surface area contributed by atoms with Crippen molar-refractivity contribution in [3.63, 3.8) is 0 Å². The van der Waals surface area contributed by atoms with Gasteiger partial charge in [0.05, 0.1) is 10.0 Å². The fraction of sp³-hybridized carbons (Fsp3) is 0.143. The van der Waals surface area contributed by atoms with E-state index >= 15 is 0 Å². The molecule has 0 aliphatic rings. The summed E-state index contributed by atoms with van der Waals surface area (Å²) in [5.74, 6) is -3.97. The Hall–Kier alpha value is -0.290. The quantitative estimate of drug-likeness (QED) is 0.414. The molecule has 0 atom stereocenters. The smallest absolute Gasteiger partial charge is 0.161 e. The molecule has 0 aliphatic heterocycles. The number of halogens is 6. The van der Waals surface area contributed by atoms with Crippen LogP contribution in [0.1, 0.15) is 5.56 Å². The van der Waals surface area contributed by atoms with Crippen molar-refractivity contribution in [3.05, 3.63) is 32.5 Å². The number of hydrogen-bond donors (Lipinski definition) is 0. The minimum Gasteiger partial charge on any atom is -0.246 e. The molecule has 0 unspecified atom stereocenters. The summed E-state index contributed by atoms with van der Waals surface area (Å²) in [5, 5.41) is -0.916. The van der Waals surface area contributed by atoms with Gasteiger partial charge in [-0.15, -0.1) is 0 Å². The number of hydrogen-bond acceptors (Lipinski definition) is 0. The van der Waals surface area contributed by atoms with Gasteiger partial charge in [0.15, 0.2) is 11.6 Å². The highest BCUT2D eigenvalue weighted by Gasteiger charge is 2.22. The van der Waals surface area contributed by atoms with E-state index in [1.54, 1.807) is 0 Å². The molecule has 0 nitrogen and oxygen atoms in total. The van der Waals surface area contributed by atoms with E-state index in [1.807, 2.05) is 0 Å². The van der Waals surface area contributed by atoms with Gasteiger partial charge in [-0.05, 0) is 15.9 Å². The molecule has 0 aromatic heterocycles. The van der Waals surface area contributed by atoms with Crippen LogP contribution < -0.4 is 0 Å². The first kappa shape index (κ1) is 10.8. The van der Waals surface area contributed by atoms with Crippen molar-refractivity contribution >= 4 is 27.5 Å². The Labute approximate surface area is 84.6 Å². The fourth-order valence-corrected chi connectivity index (χ4v) is 1.53. The largest absolute Gasteiger partial charge is 0.246 e. The van der Waals surface area contributed by atoms with Crippen molar-refractivity contribution in [2.75, 3.05) is 0 Å². The molecule has 0 heterocycles. The zero-order valence-electron chi connectivity index (χ0n) is 5.97. The fourth-order valence-electron chi connectivity index (χ4n) is 0.768. The Morgan fingerprint density at radius 3 is 2.08 bits per heavy atom. The molecule has 0 N–H and O–H groups in total. The summed E-state index contributed by atoms with van der Waals surface area (Å²) in [6, 6.07) is 0. The molecule has 1 aromatic carbocycles. The highest BCUT2D eigenvalue weighted by molar-refractivity contribution is 9.10. The highest BCUT2D eigenvalue weighted by Crippen LogP contribution is 2.32. The molecule has 0 fully saturated rings. The van der Waals surface area contributed by atoms with E-state index in [4.69, 9.17) is 11.6 Å². The monoisotopic (exact) mass is 276 g/mol. The molecule has 0 amide bonds. The predicted octanol–water partition coefficient (Wildman–Crippen LogP) is 3.99. The van der Waals surface area contributed by atoms with Crippen LogP contribution in [-0.2, 0) is 6.67 Å². The Morgan fingerprint density at radius 1 is 1.08 bits per heavy atom. The number of rotatable bonds is 1. The van der Waals surface area contributed by atoms with Gasteiger partial charge >= 0.3 is 0 Å². The van der Waals surface area contributed by atoms with E-state index < -0.39 is 39.2 Å². The van der Waals surface area contributed by atoms with Crippen LogP contribution >= 0.6 is 27.5 Å². The Balaban J connectivity index is 3.56. The summed E-state index contributed by atoms with van der Waals surface area (Å²) in [7, 11) is 0. The van der Waals surface area contributed by atoms with E-state index in [0.717, 1.165) is 0 Å². The molecule has 6 heteroatoms. The predicted molar refractivity (Wildman–Crippen MR) is 43.8 cm³/mol. The molecule has 0 saturated carbocycles. The molecule has 0 bridgehead atoms. The Morgan fingerprint density at radius 2 is 1.62 bits per heavy atom. The minimum absolute atomic E-state index is 0.661. The second-order valence-corrected chi connectivity index (χ2v) is 3.35. The van der Waals surface area contributed by atoms with Crippen molar-refractivity contribution in [1.82, 2.24) is 0 Å². The lowest BCUT2D eigenvalue weighted by molar-refractivity contribution is 0.431. The van der Waals surface area contributed by atoms with Crippen LogP contribution in [0.4, 0.5) is 17.6 Å². The molecule has 1 rings (SSSR count). The van der Waals surface area contributed by atoms with Gasteiger partial charge in [0.1, 0.15) is 17.5 Å². The average molecular weight is 277 g/mol. The third-order valence-corrected chi connectivity index (χ3v) is 2.46. The second-order valence-electron chi connectivity index (χ2n) is 2.18. The van der Waals surface area contributed by atoms with Crippen molar-refractivity contribution < 1.29 is 17.6 Å². The van der Waals surface area contributed by atoms with Gasteiger partial charge in [-0.2, -0.15) is 0 Å². The van der Waals surface area contributed by atoms with E-state index in [9.17, 15) is 17.6 Å². The summed E-state index contributed by atoms with van der Waals surface area (Å²) in [5.41, 5.74) is -0.877. The molecule has 0 radical (unpaired) electrons. The Bertz CT molecular complexity index is 324. The third kappa shape index (κ3) is 1.67.